The van der Waals surface area contributed by atoms with E-state index in [9.17, 15) is 18.0 Å². The maximum absolute atomic E-state index is 12.8. The van der Waals surface area contributed by atoms with Crippen molar-refractivity contribution in [3.63, 3.8) is 0 Å². The topological polar surface area (TPSA) is 92.8 Å². The fourth-order valence-electron chi connectivity index (χ4n) is 3.62. The minimum Gasteiger partial charge on any atom is -0.452 e. The van der Waals surface area contributed by atoms with Gasteiger partial charge in [-0.3, -0.25) is 9.52 Å². The summed E-state index contributed by atoms with van der Waals surface area (Å²) in [4.78, 5) is 26.6. The van der Waals surface area contributed by atoms with Crippen LogP contribution in [0.1, 0.15) is 41.3 Å². The first-order valence-electron chi connectivity index (χ1n) is 10.3. The lowest BCUT2D eigenvalue weighted by Crippen LogP contribution is -2.41. The average Bonchev–Trinajstić information content (AvgIpc) is 2.71. The van der Waals surface area contributed by atoms with Gasteiger partial charge < -0.3 is 9.64 Å². The van der Waals surface area contributed by atoms with Gasteiger partial charge in [-0.25, -0.2) is 13.2 Å². The Balaban J connectivity index is 1.71. The number of amides is 1. The van der Waals surface area contributed by atoms with Gasteiger partial charge in [0.25, 0.3) is 15.9 Å². The van der Waals surface area contributed by atoms with Gasteiger partial charge in [0, 0.05) is 18.8 Å². The number of likely N-dealkylation sites (tertiary alicyclic amines) is 1. The largest absolute Gasteiger partial charge is 0.452 e. The normalized spacial score (nSPS) is 16.6. The van der Waals surface area contributed by atoms with Crippen molar-refractivity contribution >= 4 is 27.6 Å². The highest BCUT2D eigenvalue weighted by Crippen LogP contribution is 2.21. The summed E-state index contributed by atoms with van der Waals surface area (Å²) in [5.74, 6) is -0.524. The summed E-state index contributed by atoms with van der Waals surface area (Å²) in [6, 6.07) is 11.3. The van der Waals surface area contributed by atoms with Crippen LogP contribution < -0.4 is 4.72 Å². The van der Waals surface area contributed by atoms with Gasteiger partial charge in [-0.1, -0.05) is 25.1 Å². The Morgan fingerprint density at radius 3 is 2.65 bits per heavy atom. The summed E-state index contributed by atoms with van der Waals surface area (Å²) in [5.41, 5.74) is 2.04. The third-order valence-electron chi connectivity index (χ3n) is 5.35. The zero-order valence-electron chi connectivity index (χ0n) is 18.1. The smallest absolute Gasteiger partial charge is 0.338 e. The first kappa shape index (κ1) is 22.8. The van der Waals surface area contributed by atoms with Crippen LogP contribution in [0, 0.1) is 19.8 Å². The van der Waals surface area contributed by atoms with Crippen molar-refractivity contribution in [2.24, 2.45) is 5.92 Å². The van der Waals surface area contributed by atoms with E-state index >= 15 is 0 Å². The average molecular weight is 445 g/mol. The molecule has 1 aliphatic rings. The Bertz CT molecular complexity index is 1080. The van der Waals surface area contributed by atoms with Crippen LogP contribution in [0.25, 0.3) is 0 Å². The lowest BCUT2D eigenvalue weighted by Gasteiger charge is -2.30. The SMILES string of the molecule is Cc1cccc(NS(=O)(=O)c2ccc(C)c(C(=O)OCC(=O)N3CCCC(C)C3)c2)c1. The Hall–Kier alpha value is -2.87. The molecule has 1 fully saturated rings. The molecule has 1 unspecified atom stereocenters. The van der Waals surface area contributed by atoms with E-state index in [-0.39, 0.29) is 23.0 Å². The number of rotatable bonds is 6. The summed E-state index contributed by atoms with van der Waals surface area (Å²) in [6.45, 7) is 6.61. The predicted molar refractivity (Wildman–Crippen MR) is 118 cm³/mol. The molecule has 0 radical (unpaired) electrons. The third-order valence-corrected chi connectivity index (χ3v) is 6.72. The second-order valence-corrected chi connectivity index (χ2v) is 9.80. The molecule has 1 heterocycles. The van der Waals surface area contributed by atoms with Gasteiger partial charge >= 0.3 is 5.97 Å². The number of esters is 1. The number of aryl methyl sites for hydroxylation is 2. The molecular formula is C23H28N2O5S. The molecule has 0 aliphatic carbocycles. The first-order valence-corrected chi connectivity index (χ1v) is 11.8. The second kappa shape index (κ2) is 9.51. The van der Waals surface area contributed by atoms with Crippen LogP contribution in [-0.4, -0.2) is 44.9 Å². The number of piperidine rings is 1. The number of carbonyl (C=O) groups excluding carboxylic acids is 2. The molecule has 1 aliphatic heterocycles. The van der Waals surface area contributed by atoms with E-state index in [0.717, 1.165) is 18.4 Å². The zero-order valence-corrected chi connectivity index (χ0v) is 18.9. The molecule has 7 nitrogen and oxygen atoms in total. The van der Waals surface area contributed by atoms with E-state index in [2.05, 4.69) is 11.6 Å². The third kappa shape index (κ3) is 5.85. The van der Waals surface area contributed by atoms with Crippen LogP contribution in [0.4, 0.5) is 5.69 Å². The van der Waals surface area contributed by atoms with Crippen LogP contribution >= 0.6 is 0 Å². The lowest BCUT2D eigenvalue weighted by atomic mass is 10.0. The Morgan fingerprint density at radius 1 is 1.16 bits per heavy atom. The molecule has 2 aromatic rings. The molecule has 31 heavy (non-hydrogen) atoms. The molecule has 2 aromatic carbocycles. The maximum Gasteiger partial charge on any atom is 0.338 e. The number of ether oxygens (including phenoxy) is 1. The summed E-state index contributed by atoms with van der Waals surface area (Å²) in [5, 5.41) is 0. The Kier molecular flexibility index (Phi) is 7.00. The minimum absolute atomic E-state index is 0.0530. The summed E-state index contributed by atoms with van der Waals surface area (Å²) < 4.78 is 33.3. The molecule has 0 aromatic heterocycles. The zero-order chi connectivity index (χ0) is 22.6. The van der Waals surface area contributed by atoms with Crippen LogP contribution in [0.3, 0.4) is 0 Å². The lowest BCUT2D eigenvalue weighted by molar-refractivity contribution is -0.136. The highest BCUT2D eigenvalue weighted by molar-refractivity contribution is 7.92. The first-order chi connectivity index (χ1) is 14.7. The van der Waals surface area contributed by atoms with E-state index < -0.39 is 16.0 Å². The number of sulfonamides is 1. The minimum atomic E-state index is -3.89. The molecule has 0 bridgehead atoms. The predicted octanol–water partition coefficient (Wildman–Crippen LogP) is 3.52. The van der Waals surface area contributed by atoms with Gasteiger partial charge in [0.15, 0.2) is 6.61 Å². The van der Waals surface area contributed by atoms with Gasteiger partial charge in [-0.2, -0.15) is 0 Å². The Labute approximate surface area is 183 Å². The van der Waals surface area contributed by atoms with Crippen LogP contribution in [0.5, 0.6) is 0 Å². The number of hydrogen-bond acceptors (Lipinski definition) is 5. The maximum atomic E-state index is 12.8. The van der Waals surface area contributed by atoms with E-state index in [1.54, 1.807) is 36.1 Å². The molecule has 1 N–H and O–H groups in total. The summed E-state index contributed by atoms with van der Waals surface area (Å²) in [6.07, 6.45) is 2.02. The number of hydrogen-bond donors (Lipinski definition) is 1. The number of nitrogens with one attached hydrogen (secondary N) is 1. The number of benzene rings is 2. The molecule has 1 amide bonds. The van der Waals surface area contributed by atoms with Gasteiger partial charge in [-0.15, -0.1) is 0 Å². The summed E-state index contributed by atoms with van der Waals surface area (Å²) >= 11 is 0. The summed E-state index contributed by atoms with van der Waals surface area (Å²) in [7, 11) is -3.89. The van der Waals surface area contributed by atoms with Crippen molar-refractivity contribution < 1.29 is 22.7 Å². The van der Waals surface area contributed by atoms with Crippen molar-refractivity contribution in [2.45, 2.75) is 38.5 Å². The molecule has 166 valence electrons. The molecule has 1 saturated heterocycles. The Morgan fingerprint density at radius 2 is 1.94 bits per heavy atom. The molecular weight excluding hydrogens is 416 g/mol. The van der Waals surface area contributed by atoms with E-state index in [0.29, 0.717) is 30.3 Å². The van der Waals surface area contributed by atoms with Gasteiger partial charge in [0.1, 0.15) is 0 Å². The van der Waals surface area contributed by atoms with Crippen LogP contribution in [0.2, 0.25) is 0 Å². The highest BCUT2D eigenvalue weighted by atomic mass is 32.2. The fourth-order valence-corrected chi connectivity index (χ4v) is 4.70. The van der Waals surface area contributed by atoms with Crippen molar-refractivity contribution in [1.29, 1.82) is 0 Å². The van der Waals surface area contributed by atoms with Crippen molar-refractivity contribution in [1.82, 2.24) is 4.90 Å². The van der Waals surface area contributed by atoms with Gasteiger partial charge in [0.2, 0.25) is 0 Å². The van der Waals surface area contributed by atoms with Crippen LogP contribution in [0.15, 0.2) is 47.4 Å². The van der Waals surface area contributed by atoms with Gasteiger partial charge in [0.05, 0.1) is 10.5 Å². The standard InChI is InChI=1S/C23H28N2O5S/c1-16-6-4-8-19(12-16)24-31(28,29)20-10-9-18(3)21(13-20)23(27)30-15-22(26)25-11-5-7-17(2)14-25/h4,6,8-10,12-13,17,24H,5,7,11,14-15H2,1-3H3. The molecule has 0 saturated carbocycles. The monoisotopic (exact) mass is 444 g/mol. The number of anilines is 1. The van der Waals surface area contributed by atoms with Crippen molar-refractivity contribution in [2.75, 3.05) is 24.4 Å². The highest BCUT2D eigenvalue weighted by Gasteiger charge is 2.23. The number of nitrogens with zero attached hydrogens (tertiary/aromatic N) is 1. The molecule has 3 rings (SSSR count). The fraction of sp³-hybridized carbons (Fsp3) is 0.391. The van der Waals surface area contributed by atoms with E-state index in [1.165, 1.54) is 12.1 Å². The van der Waals surface area contributed by atoms with Gasteiger partial charge in [-0.05, 0) is 68.0 Å². The number of carbonyl (C=O) groups is 2. The molecule has 8 heteroatoms. The quantitative estimate of drug-likeness (QED) is 0.688. The second-order valence-electron chi connectivity index (χ2n) is 8.11. The van der Waals surface area contributed by atoms with Crippen molar-refractivity contribution in [3.8, 4) is 0 Å². The van der Waals surface area contributed by atoms with E-state index in [4.69, 9.17) is 4.74 Å². The van der Waals surface area contributed by atoms with Crippen LogP contribution in [-0.2, 0) is 19.6 Å². The molecule has 1 atom stereocenters. The van der Waals surface area contributed by atoms with Crippen molar-refractivity contribution in [3.05, 3.63) is 59.2 Å². The van der Waals surface area contributed by atoms with E-state index in [1.807, 2.05) is 13.0 Å². The molecule has 0 spiro atoms.